The van der Waals surface area contributed by atoms with Crippen molar-refractivity contribution < 1.29 is 14.6 Å². The van der Waals surface area contributed by atoms with Gasteiger partial charge in [0.25, 0.3) is 0 Å². The Kier molecular flexibility index (Phi) is 6.72. The quantitative estimate of drug-likeness (QED) is 0.579. The summed E-state index contributed by atoms with van der Waals surface area (Å²) in [5, 5.41) is 9.70. The molecule has 0 spiro atoms. The van der Waals surface area contributed by atoms with Crippen LogP contribution in [-0.4, -0.2) is 29.0 Å². The SMILES string of the molecule is CC(O)C(C)(C)CCC(OC(=O)CS)C(C)(C)C. The first-order valence-corrected chi connectivity index (χ1v) is 7.12. The van der Waals surface area contributed by atoms with Crippen molar-refractivity contribution in [3.8, 4) is 0 Å². The van der Waals surface area contributed by atoms with Crippen LogP contribution in [0.25, 0.3) is 0 Å². The predicted molar refractivity (Wildman–Crippen MR) is 77.9 cm³/mol. The van der Waals surface area contributed by atoms with Crippen molar-refractivity contribution in [2.45, 2.75) is 66.6 Å². The summed E-state index contributed by atoms with van der Waals surface area (Å²) in [6, 6.07) is 0. The molecule has 0 radical (unpaired) electrons. The van der Waals surface area contributed by atoms with Crippen LogP contribution in [0.2, 0.25) is 0 Å². The van der Waals surface area contributed by atoms with Gasteiger partial charge in [0.2, 0.25) is 0 Å². The number of aliphatic hydroxyl groups excluding tert-OH is 1. The maximum atomic E-state index is 11.4. The molecule has 0 aliphatic carbocycles. The second-order valence-corrected chi connectivity index (χ2v) is 7.02. The van der Waals surface area contributed by atoms with Gasteiger partial charge in [-0.2, -0.15) is 12.6 Å². The molecule has 2 unspecified atom stereocenters. The molecular formula is C14H28O3S. The zero-order valence-corrected chi connectivity index (χ0v) is 13.4. The highest BCUT2D eigenvalue weighted by Gasteiger charge is 2.32. The monoisotopic (exact) mass is 276 g/mol. The summed E-state index contributed by atoms with van der Waals surface area (Å²) >= 11 is 3.93. The normalized spacial score (nSPS) is 16.2. The zero-order valence-electron chi connectivity index (χ0n) is 12.5. The lowest BCUT2D eigenvalue weighted by molar-refractivity contribution is -0.152. The molecule has 0 bridgehead atoms. The molecular weight excluding hydrogens is 248 g/mol. The molecule has 18 heavy (non-hydrogen) atoms. The first-order valence-electron chi connectivity index (χ1n) is 6.49. The predicted octanol–water partition coefficient (Wildman–Crippen LogP) is 3.06. The van der Waals surface area contributed by atoms with Gasteiger partial charge in [-0.3, -0.25) is 4.79 Å². The molecule has 1 N–H and O–H groups in total. The fraction of sp³-hybridized carbons (Fsp3) is 0.929. The van der Waals surface area contributed by atoms with Crippen molar-refractivity contribution in [3.63, 3.8) is 0 Å². The topological polar surface area (TPSA) is 46.5 Å². The van der Waals surface area contributed by atoms with Gasteiger partial charge >= 0.3 is 5.97 Å². The highest BCUT2D eigenvalue weighted by atomic mass is 32.1. The molecule has 0 aromatic rings. The smallest absolute Gasteiger partial charge is 0.315 e. The highest BCUT2D eigenvalue weighted by Crippen LogP contribution is 2.33. The highest BCUT2D eigenvalue weighted by molar-refractivity contribution is 7.81. The fourth-order valence-electron chi connectivity index (χ4n) is 1.58. The van der Waals surface area contributed by atoms with Gasteiger partial charge in [0, 0.05) is 0 Å². The van der Waals surface area contributed by atoms with Crippen LogP contribution in [0.5, 0.6) is 0 Å². The van der Waals surface area contributed by atoms with E-state index in [1.807, 2.05) is 13.8 Å². The Morgan fingerprint density at radius 2 is 1.78 bits per heavy atom. The van der Waals surface area contributed by atoms with Gasteiger partial charge in [0.1, 0.15) is 6.10 Å². The Morgan fingerprint density at radius 1 is 1.28 bits per heavy atom. The molecule has 0 aliphatic heterocycles. The van der Waals surface area contributed by atoms with Crippen molar-refractivity contribution >= 4 is 18.6 Å². The summed E-state index contributed by atoms with van der Waals surface area (Å²) < 4.78 is 5.44. The summed E-state index contributed by atoms with van der Waals surface area (Å²) in [4.78, 5) is 11.4. The van der Waals surface area contributed by atoms with Gasteiger partial charge in [-0.05, 0) is 30.6 Å². The number of aliphatic hydroxyl groups is 1. The van der Waals surface area contributed by atoms with Gasteiger partial charge in [-0.15, -0.1) is 0 Å². The lowest BCUT2D eigenvalue weighted by Crippen LogP contribution is -2.35. The van der Waals surface area contributed by atoms with E-state index in [4.69, 9.17) is 4.74 Å². The van der Waals surface area contributed by atoms with E-state index in [9.17, 15) is 9.90 Å². The van der Waals surface area contributed by atoms with E-state index in [0.717, 1.165) is 12.8 Å². The third-order valence-electron chi connectivity index (χ3n) is 3.55. The number of carbonyl (C=O) groups excluding carboxylic acids is 1. The van der Waals surface area contributed by atoms with Crippen LogP contribution in [-0.2, 0) is 9.53 Å². The Hall–Kier alpha value is -0.220. The second kappa shape index (κ2) is 6.80. The van der Waals surface area contributed by atoms with E-state index in [0.29, 0.717) is 0 Å². The molecule has 0 amide bonds. The van der Waals surface area contributed by atoms with E-state index in [1.54, 1.807) is 6.92 Å². The number of ether oxygens (including phenoxy) is 1. The van der Waals surface area contributed by atoms with Crippen LogP contribution >= 0.6 is 12.6 Å². The van der Waals surface area contributed by atoms with E-state index in [2.05, 4.69) is 33.4 Å². The third kappa shape index (κ3) is 6.10. The Balaban J connectivity index is 4.58. The van der Waals surface area contributed by atoms with Crippen LogP contribution in [0.15, 0.2) is 0 Å². The molecule has 3 nitrogen and oxygen atoms in total. The Morgan fingerprint density at radius 3 is 2.11 bits per heavy atom. The van der Waals surface area contributed by atoms with E-state index in [1.165, 1.54) is 0 Å². The van der Waals surface area contributed by atoms with E-state index >= 15 is 0 Å². The van der Waals surface area contributed by atoms with Gasteiger partial charge < -0.3 is 9.84 Å². The van der Waals surface area contributed by atoms with Crippen LogP contribution in [0.4, 0.5) is 0 Å². The largest absolute Gasteiger partial charge is 0.461 e. The summed E-state index contributed by atoms with van der Waals surface area (Å²) in [7, 11) is 0. The maximum Gasteiger partial charge on any atom is 0.315 e. The first-order chi connectivity index (χ1) is 8.00. The van der Waals surface area contributed by atoms with Crippen LogP contribution < -0.4 is 0 Å². The van der Waals surface area contributed by atoms with E-state index in [-0.39, 0.29) is 34.8 Å². The zero-order chi connectivity index (χ0) is 14.6. The van der Waals surface area contributed by atoms with Gasteiger partial charge in [-0.25, -0.2) is 0 Å². The molecule has 0 aliphatic rings. The summed E-state index contributed by atoms with van der Waals surface area (Å²) in [6.07, 6.45) is 1.04. The standard InChI is InChI=1S/C14H28O3S/c1-10(15)14(5,6)8-7-11(13(2,3)4)17-12(16)9-18/h10-11,15,18H,7-9H2,1-6H3. The van der Waals surface area contributed by atoms with Crippen molar-refractivity contribution in [1.82, 2.24) is 0 Å². The molecule has 108 valence electrons. The van der Waals surface area contributed by atoms with E-state index < -0.39 is 0 Å². The van der Waals surface area contributed by atoms with Crippen molar-refractivity contribution in [2.24, 2.45) is 10.8 Å². The molecule has 0 aromatic carbocycles. The second-order valence-electron chi connectivity index (χ2n) is 6.71. The third-order valence-corrected chi connectivity index (χ3v) is 3.81. The van der Waals surface area contributed by atoms with Crippen LogP contribution in [0.1, 0.15) is 54.4 Å². The molecule has 0 fully saturated rings. The van der Waals surface area contributed by atoms with Gasteiger partial charge in [-0.1, -0.05) is 34.6 Å². The molecule has 4 heteroatoms. The maximum absolute atomic E-state index is 11.4. The number of rotatable bonds is 6. The van der Waals surface area contributed by atoms with Gasteiger partial charge in [0.15, 0.2) is 0 Å². The minimum Gasteiger partial charge on any atom is -0.461 e. The van der Waals surface area contributed by atoms with Crippen molar-refractivity contribution in [1.29, 1.82) is 0 Å². The van der Waals surface area contributed by atoms with Crippen molar-refractivity contribution in [3.05, 3.63) is 0 Å². The Labute approximate surface area is 117 Å². The lowest BCUT2D eigenvalue weighted by Gasteiger charge is -2.34. The fourth-order valence-corrected chi connectivity index (χ4v) is 1.65. The van der Waals surface area contributed by atoms with Crippen LogP contribution in [0, 0.1) is 10.8 Å². The Bertz CT molecular complexity index is 267. The molecule has 0 saturated heterocycles. The van der Waals surface area contributed by atoms with Crippen molar-refractivity contribution in [2.75, 3.05) is 5.75 Å². The minimum absolute atomic E-state index is 0.104. The molecule has 2 atom stereocenters. The molecule has 0 heterocycles. The number of thiol groups is 1. The summed E-state index contributed by atoms with van der Waals surface area (Å²) in [5.74, 6) is -0.181. The summed E-state index contributed by atoms with van der Waals surface area (Å²) in [6.45, 7) is 12.0. The van der Waals surface area contributed by atoms with Crippen LogP contribution in [0.3, 0.4) is 0 Å². The average Bonchev–Trinajstić information content (AvgIpc) is 2.21. The first kappa shape index (κ1) is 17.8. The number of esters is 1. The van der Waals surface area contributed by atoms with Gasteiger partial charge in [0.05, 0.1) is 11.9 Å². The number of carbonyl (C=O) groups is 1. The summed E-state index contributed by atoms with van der Waals surface area (Å²) in [5.41, 5.74) is -0.274. The molecule has 0 saturated carbocycles. The average molecular weight is 276 g/mol. The number of hydrogen-bond donors (Lipinski definition) is 2. The molecule has 0 rings (SSSR count). The minimum atomic E-state index is -0.376. The lowest BCUT2D eigenvalue weighted by atomic mass is 9.78. The molecule has 0 aromatic heterocycles. The number of hydrogen-bond acceptors (Lipinski definition) is 4.